The van der Waals surface area contributed by atoms with Crippen LogP contribution in [0.25, 0.3) is 11.1 Å². The van der Waals surface area contributed by atoms with Crippen LogP contribution in [0.3, 0.4) is 0 Å². The summed E-state index contributed by atoms with van der Waals surface area (Å²) in [4.78, 5) is 19.3. The van der Waals surface area contributed by atoms with Crippen LogP contribution < -0.4 is 5.32 Å². The molecule has 0 atom stereocenters. The van der Waals surface area contributed by atoms with Crippen LogP contribution in [0.1, 0.15) is 100 Å². The monoisotopic (exact) mass is 463 g/mol. The third kappa shape index (κ3) is 9.93. The molecule has 2 aromatic rings. The Labute approximate surface area is 195 Å². The molecule has 1 N–H and O–H groups in total. The molecule has 33 heavy (non-hydrogen) atoms. The number of alkyl halides is 3. The second kappa shape index (κ2) is 14.7. The number of nitrogens with zero attached hydrogens (tertiary/aromatic N) is 2. The normalized spacial score (nSPS) is 11.5. The molecule has 7 heteroatoms. The highest BCUT2D eigenvalue weighted by Crippen LogP contribution is 2.32. The van der Waals surface area contributed by atoms with Crippen molar-refractivity contribution in [2.45, 2.75) is 90.1 Å². The van der Waals surface area contributed by atoms with E-state index >= 15 is 0 Å². The first-order chi connectivity index (χ1) is 16.0. The van der Waals surface area contributed by atoms with Crippen molar-refractivity contribution in [3.63, 3.8) is 0 Å². The molecule has 0 spiro atoms. The van der Waals surface area contributed by atoms with E-state index in [9.17, 15) is 18.0 Å². The number of unbranched alkanes of at least 4 members (excludes halogenated alkanes) is 11. The molecular formula is C26H36F3N3O. The number of carbonyl (C=O) groups is 1. The predicted octanol–water partition coefficient (Wildman–Crippen LogP) is 8.09. The minimum absolute atomic E-state index is 0.0443. The molecule has 1 aromatic heterocycles. The lowest BCUT2D eigenvalue weighted by Crippen LogP contribution is -2.08. The van der Waals surface area contributed by atoms with E-state index in [1.807, 2.05) is 0 Å². The number of carbonyl (C=O) groups excluding carboxylic acids is 1. The molecule has 182 valence electrons. The molecule has 0 aliphatic carbocycles. The number of hydrogen-bond donors (Lipinski definition) is 1. The summed E-state index contributed by atoms with van der Waals surface area (Å²) in [6, 6.07) is 4.88. The molecular weight excluding hydrogens is 427 g/mol. The maximum atomic E-state index is 12.8. The summed E-state index contributed by atoms with van der Waals surface area (Å²) in [6.07, 6.45) is 12.8. The van der Waals surface area contributed by atoms with Crippen molar-refractivity contribution in [1.82, 2.24) is 9.97 Å². The molecule has 4 nitrogen and oxygen atoms in total. The minimum Gasteiger partial charge on any atom is -0.369 e. The fraction of sp³-hybridized carbons (Fsp3) is 0.577. The molecule has 0 radical (unpaired) electrons. The van der Waals surface area contributed by atoms with Crippen LogP contribution in [0.15, 0.2) is 30.5 Å². The molecule has 2 rings (SSSR count). The molecule has 0 fully saturated rings. The molecule has 0 aliphatic rings. The maximum Gasteiger partial charge on any atom is 0.416 e. The molecule has 0 saturated heterocycles. The second-order valence-corrected chi connectivity index (χ2v) is 8.50. The topological polar surface area (TPSA) is 54.9 Å². The fourth-order valence-corrected chi connectivity index (χ4v) is 3.81. The van der Waals surface area contributed by atoms with Crippen LogP contribution in [-0.4, -0.2) is 22.8 Å². The van der Waals surface area contributed by atoms with Crippen molar-refractivity contribution in [1.29, 1.82) is 0 Å². The minimum atomic E-state index is -4.38. The van der Waals surface area contributed by atoms with Gasteiger partial charge in [0.2, 0.25) is 0 Å². The maximum absolute atomic E-state index is 12.8. The quantitative estimate of drug-likeness (QED) is 0.202. The zero-order chi connectivity index (χ0) is 23.9. The van der Waals surface area contributed by atoms with Crippen LogP contribution in [0.2, 0.25) is 0 Å². The first-order valence-electron chi connectivity index (χ1n) is 12.2. The number of anilines is 1. The van der Waals surface area contributed by atoms with Crippen molar-refractivity contribution in [3.05, 3.63) is 41.9 Å². The van der Waals surface area contributed by atoms with Gasteiger partial charge in [-0.3, -0.25) is 4.79 Å². The van der Waals surface area contributed by atoms with Gasteiger partial charge in [0, 0.05) is 18.3 Å². The third-order valence-electron chi connectivity index (χ3n) is 5.76. The molecule has 0 amide bonds. The number of nitrogens with one attached hydrogen (secondary N) is 1. The van der Waals surface area contributed by atoms with E-state index in [2.05, 4.69) is 22.2 Å². The number of halogens is 3. The van der Waals surface area contributed by atoms with Crippen LogP contribution in [0.5, 0.6) is 0 Å². The van der Waals surface area contributed by atoms with Gasteiger partial charge in [0.25, 0.3) is 0 Å². The number of hydrogen-bond acceptors (Lipinski definition) is 4. The van der Waals surface area contributed by atoms with Crippen molar-refractivity contribution in [2.75, 3.05) is 11.9 Å². The summed E-state index contributed by atoms with van der Waals surface area (Å²) in [5.74, 6) is 0.512. The van der Waals surface area contributed by atoms with Crippen molar-refractivity contribution >= 4 is 12.1 Å². The van der Waals surface area contributed by atoms with E-state index in [0.717, 1.165) is 25.0 Å². The van der Waals surface area contributed by atoms with E-state index in [4.69, 9.17) is 0 Å². The lowest BCUT2D eigenvalue weighted by atomic mass is 10.0. The van der Waals surface area contributed by atoms with Crippen molar-refractivity contribution in [3.8, 4) is 11.1 Å². The summed E-state index contributed by atoms with van der Waals surface area (Å²) in [5.41, 5.74) is 0.439. The van der Waals surface area contributed by atoms with Gasteiger partial charge in [-0.15, -0.1) is 0 Å². The number of benzene rings is 1. The highest BCUT2D eigenvalue weighted by molar-refractivity contribution is 5.78. The lowest BCUT2D eigenvalue weighted by molar-refractivity contribution is -0.137. The third-order valence-corrected chi connectivity index (χ3v) is 5.76. The van der Waals surface area contributed by atoms with E-state index < -0.39 is 11.7 Å². The summed E-state index contributed by atoms with van der Waals surface area (Å²) in [7, 11) is 0. The van der Waals surface area contributed by atoms with Gasteiger partial charge in [-0.2, -0.15) is 13.2 Å². The highest BCUT2D eigenvalue weighted by atomic mass is 19.4. The van der Waals surface area contributed by atoms with Crippen molar-refractivity contribution < 1.29 is 18.0 Å². The summed E-state index contributed by atoms with van der Waals surface area (Å²) in [5, 5.41) is 3.23. The molecule has 1 heterocycles. The van der Waals surface area contributed by atoms with Gasteiger partial charge >= 0.3 is 6.18 Å². The zero-order valence-electron chi connectivity index (χ0n) is 19.6. The standard InChI is InChI=1S/C26H36F3N3O/c1-2-3-4-5-6-7-8-9-10-11-12-13-18-30-25-23(19-31-24(20-33)32-25)21-14-16-22(17-15-21)26(27,28)29/h14-17,19-20H,2-13,18H2,1H3,(H,30,31,32). The van der Waals surface area contributed by atoms with Gasteiger partial charge in [-0.05, 0) is 24.1 Å². The average Bonchev–Trinajstić information content (AvgIpc) is 2.81. The Morgan fingerprint density at radius 2 is 1.39 bits per heavy atom. The number of rotatable bonds is 16. The van der Waals surface area contributed by atoms with Crippen LogP contribution in [0, 0.1) is 0 Å². The fourth-order valence-electron chi connectivity index (χ4n) is 3.81. The van der Waals surface area contributed by atoms with E-state index in [1.165, 1.54) is 82.5 Å². The highest BCUT2D eigenvalue weighted by Gasteiger charge is 2.30. The summed E-state index contributed by atoms with van der Waals surface area (Å²) in [6.45, 7) is 2.92. The van der Waals surface area contributed by atoms with Gasteiger partial charge in [0.05, 0.1) is 5.56 Å². The first kappa shape index (κ1) is 26.8. The van der Waals surface area contributed by atoms with Gasteiger partial charge in [0.15, 0.2) is 12.1 Å². The first-order valence-corrected chi connectivity index (χ1v) is 12.2. The number of aromatic nitrogens is 2. The Kier molecular flexibility index (Phi) is 11.9. The molecule has 0 bridgehead atoms. The van der Waals surface area contributed by atoms with Gasteiger partial charge < -0.3 is 5.32 Å². The van der Waals surface area contributed by atoms with E-state index in [-0.39, 0.29) is 5.82 Å². The van der Waals surface area contributed by atoms with Crippen LogP contribution >= 0.6 is 0 Å². The Morgan fingerprint density at radius 3 is 1.91 bits per heavy atom. The Hall–Kier alpha value is -2.44. The Morgan fingerprint density at radius 1 is 0.848 bits per heavy atom. The van der Waals surface area contributed by atoms with Gasteiger partial charge in [-0.25, -0.2) is 9.97 Å². The SMILES string of the molecule is CCCCCCCCCCCCCCNc1nc(C=O)ncc1-c1ccc(C(F)(F)F)cc1. The summed E-state index contributed by atoms with van der Waals surface area (Å²) < 4.78 is 38.5. The van der Waals surface area contributed by atoms with Gasteiger partial charge in [0.1, 0.15) is 5.82 Å². The Bertz CT molecular complexity index is 823. The zero-order valence-corrected chi connectivity index (χ0v) is 19.6. The van der Waals surface area contributed by atoms with Crippen LogP contribution in [-0.2, 0) is 6.18 Å². The predicted molar refractivity (Wildman–Crippen MR) is 127 cm³/mol. The number of aldehydes is 1. The van der Waals surface area contributed by atoms with E-state index in [1.54, 1.807) is 0 Å². The lowest BCUT2D eigenvalue weighted by Gasteiger charge is -2.12. The average molecular weight is 464 g/mol. The molecule has 0 saturated carbocycles. The summed E-state index contributed by atoms with van der Waals surface area (Å²) >= 11 is 0. The van der Waals surface area contributed by atoms with Crippen molar-refractivity contribution in [2.24, 2.45) is 0 Å². The van der Waals surface area contributed by atoms with E-state index in [0.29, 0.717) is 29.8 Å². The molecule has 0 aliphatic heterocycles. The van der Waals surface area contributed by atoms with Gasteiger partial charge in [-0.1, -0.05) is 89.7 Å². The molecule has 0 unspecified atom stereocenters. The smallest absolute Gasteiger partial charge is 0.369 e. The molecule has 1 aromatic carbocycles. The Balaban J connectivity index is 1.75. The second-order valence-electron chi connectivity index (χ2n) is 8.50. The largest absolute Gasteiger partial charge is 0.416 e. The van der Waals surface area contributed by atoms with Crippen LogP contribution in [0.4, 0.5) is 19.0 Å².